The van der Waals surface area contributed by atoms with Crippen molar-refractivity contribution >= 4 is 5.97 Å². The molecule has 0 aliphatic rings. The van der Waals surface area contributed by atoms with Crippen molar-refractivity contribution in [1.29, 1.82) is 0 Å². The molecule has 0 aliphatic heterocycles. The van der Waals surface area contributed by atoms with Crippen molar-refractivity contribution < 1.29 is 18.7 Å². The number of esters is 1. The van der Waals surface area contributed by atoms with Crippen LogP contribution in [0.1, 0.15) is 13.3 Å². The summed E-state index contributed by atoms with van der Waals surface area (Å²) >= 11 is 0. The number of ether oxygens (including phenoxy) is 2. The van der Waals surface area contributed by atoms with Crippen molar-refractivity contribution in [2.45, 2.75) is 19.4 Å². The van der Waals surface area contributed by atoms with Gasteiger partial charge in [0.1, 0.15) is 17.6 Å². The number of carbonyl (C=O) groups excluding carboxylic acids is 1. The van der Waals surface area contributed by atoms with Crippen LogP contribution in [0.15, 0.2) is 24.3 Å². The van der Waals surface area contributed by atoms with Crippen LogP contribution in [0.3, 0.4) is 0 Å². The third-order valence-electron chi connectivity index (χ3n) is 2.41. The first-order valence-electron chi connectivity index (χ1n) is 5.89. The molecule has 0 saturated carbocycles. The predicted molar refractivity (Wildman–Crippen MR) is 66.0 cm³/mol. The summed E-state index contributed by atoms with van der Waals surface area (Å²) in [6.45, 7) is 2.48. The van der Waals surface area contributed by atoms with Crippen LogP contribution in [0, 0.1) is 5.82 Å². The van der Waals surface area contributed by atoms with Crippen LogP contribution in [0.4, 0.5) is 4.39 Å². The van der Waals surface area contributed by atoms with Gasteiger partial charge in [-0.3, -0.25) is 4.79 Å². The van der Waals surface area contributed by atoms with Gasteiger partial charge in [0.15, 0.2) is 0 Å². The van der Waals surface area contributed by atoms with E-state index in [4.69, 9.17) is 9.47 Å². The molecule has 1 N–H and O–H groups in total. The molecule has 0 bridgehead atoms. The maximum Gasteiger partial charge on any atom is 0.323 e. The molecule has 18 heavy (non-hydrogen) atoms. The molecule has 100 valence electrons. The monoisotopic (exact) mass is 255 g/mol. The molecule has 0 spiro atoms. The largest absolute Gasteiger partial charge is 0.494 e. The van der Waals surface area contributed by atoms with Crippen LogP contribution in [-0.4, -0.2) is 32.3 Å². The number of hydrogen-bond acceptors (Lipinski definition) is 4. The van der Waals surface area contributed by atoms with E-state index in [1.165, 1.54) is 12.1 Å². The maximum atomic E-state index is 12.7. The number of likely N-dealkylation sites (N-methyl/N-ethyl adjacent to an activating group) is 1. The standard InChI is InChI=1S/C13H18FNO3/c1-3-17-13(16)12(15-2)8-9-18-11-6-4-10(14)5-7-11/h4-7,12,15H,3,8-9H2,1-2H3. The van der Waals surface area contributed by atoms with Crippen molar-refractivity contribution in [3.05, 3.63) is 30.1 Å². The number of benzene rings is 1. The second-order valence-corrected chi connectivity index (χ2v) is 3.68. The normalized spacial score (nSPS) is 11.9. The van der Waals surface area contributed by atoms with Crippen LogP contribution in [0.2, 0.25) is 0 Å². The Kier molecular flexibility index (Phi) is 6.14. The van der Waals surface area contributed by atoms with Crippen molar-refractivity contribution in [3.63, 3.8) is 0 Å². The van der Waals surface area contributed by atoms with Gasteiger partial charge >= 0.3 is 5.97 Å². The molecule has 1 aromatic carbocycles. The zero-order valence-corrected chi connectivity index (χ0v) is 10.6. The molecule has 0 heterocycles. The number of nitrogens with one attached hydrogen (secondary N) is 1. The van der Waals surface area contributed by atoms with Gasteiger partial charge in [0.05, 0.1) is 13.2 Å². The highest BCUT2D eigenvalue weighted by Gasteiger charge is 2.17. The predicted octanol–water partition coefficient (Wildman–Crippen LogP) is 1.75. The minimum atomic E-state index is -0.384. The Bertz CT molecular complexity index is 367. The third-order valence-corrected chi connectivity index (χ3v) is 2.41. The summed E-state index contributed by atoms with van der Waals surface area (Å²) in [4.78, 5) is 11.5. The van der Waals surface area contributed by atoms with Gasteiger partial charge in [-0.1, -0.05) is 0 Å². The highest BCUT2D eigenvalue weighted by atomic mass is 19.1. The minimum absolute atomic E-state index is 0.289. The molecule has 1 atom stereocenters. The Morgan fingerprint density at radius 3 is 2.61 bits per heavy atom. The van der Waals surface area contributed by atoms with Gasteiger partial charge in [-0.25, -0.2) is 4.39 Å². The molecule has 5 heteroatoms. The van der Waals surface area contributed by atoms with Gasteiger partial charge in [-0.2, -0.15) is 0 Å². The molecule has 1 rings (SSSR count). The van der Waals surface area contributed by atoms with Gasteiger partial charge in [-0.15, -0.1) is 0 Å². The molecule has 0 radical (unpaired) electrons. The molecule has 0 saturated heterocycles. The Balaban J connectivity index is 2.35. The fraction of sp³-hybridized carbons (Fsp3) is 0.462. The fourth-order valence-corrected chi connectivity index (χ4v) is 1.45. The van der Waals surface area contributed by atoms with E-state index in [0.29, 0.717) is 25.4 Å². The Morgan fingerprint density at radius 2 is 2.06 bits per heavy atom. The van der Waals surface area contributed by atoms with Crippen LogP contribution in [0.5, 0.6) is 5.75 Å². The van der Waals surface area contributed by atoms with Gasteiger partial charge in [-0.05, 0) is 38.2 Å². The highest BCUT2D eigenvalue weighted by Crippen LogP contribution is 2.11. The molecule has 0 fully saturated rings. The Morgan fingerprint density at radius 1 is 1.39 bits per heavy atom. The zero-order valence-electron chi connectivity index (χ0n) is 10.6. The minimum Gasteiger partial charge on any atom is -0.494 e. The van der Waals surface area contributed by atoms with Crippen molar-refractivity contribution in [2.24, 2.45) is 0 Å². The number of carbonyl (C=O) groups is 1. The van der Waals surface area contributed by atoms with Gasteiger partial charge in [0, 0.05) is 6.42 Å². The number of halogens is 1. The van der Waals surface area contributed by atoms with Gasteiger partial charge in [0.25, 0.3) is 0 Å². The quantitative estimate of drug-likeness (QED) is 0.754. The van der Waals surface area contributed by atoms with Crippen molar-refractivity contribution in [3.8, 4) is 5.75 Å². The lowest BCUT2D eigenvalue weighted by molar-refractivity contribution is -0.145. The molecule has 0 amide bonds. The Labute approximate surface area is 106 Å². The first-order valence-corrected chi connectivity index (χ1v) is 5.89. The van der Waals surface area contributed by atoms with E-state index >= 15 is 0 Å². The van der Waals surface area contributed by atoms with Crippen LogP contribution in [0.25, 0.3) is 0 Å². The fourth-order valence-electron chi connectivity index (χ4n) is 1.45. The highest BCUT2D eigenvalue weighted by molar-refractivity contribution is 5.75. The summed E-state index contributed by atoms with van der Waals surface area (Å²) in [6, 6.07) is 5.37. The van der Waals surface area contributed by atoms with Crippen LogP contribution < -0.4 is 10.1 Å². The second-order valence-electron chi connectivity index (χ2n) is 3.68. The molecule has 0 aromatic heterocycles. The lowest BCUT2D eigenvalue weighted by Gasteiger charge is -2.14. The lowest BCUT2D eigenvalue weighted by Crippen LogP contribution is -2.36. The summed E-state index contributed by atoms with van der Waals surface area (Å²) < 4.78 is 23.0. The van der Waals surface area contributed by atoms with E-state index in [1.807, 2.05) is 0 Å². The van der Waals surface area contributed by atoms with E-state index in [-0.39, 0.29) is 17.8 Å². The van der Waals surface area contributed by atoms with Crippen molar-refractivity contribution in [2.75, 3.05) is 20.3 Å². The molecular weight excluding hydrogens is 237 g/mol. The van der Waals surface area contributed by atoms with E-state index in [0.717, 1.165) is 0 Å². The van der Waals surface area contributed by atoms with E-state index in [1.54, 1.807) is 26.1 Å². The second kappa shape index (κ2) is 7.66. The third kappa shape index (κ3) is 4.71. The molecule has 1 unspecified atom stereocenters. The summed E-state index contributed by atoms with van der Waals surface area (Å²) in [7, 11) is 1.69. The van der Waals surface area contributed by atoms with Gasteiger partial charge < -0.3 is 14.8 Å². The summed E-state index contributed by atoms with van der Waals surface area (Å²) in [5.74, 6) is -0.0141. The first kappa shape index (κ1) is 14.4. The molecule has 0 aliphatic carbocycles. The average Bonchev–Trinajstić information content (AvgIpc) is 2.37. The average molecular weight is 255 g/mol. The van der Waals surface area contributed by atoms with Crippen LogP contribution in [-0.2, 0) is 9.53 Å². The Hall–Kier alpha value is -1.62. The van der Waals surface area contributed by atoms with E-state index in [9.17, 15) is 9.18 Å². The van der Waals surface area contributed by atoms with E-state index in [2.05, 4.69) is 5.32 Å². The smallest absolute Gasteiger partial charge is 0.323 e. The first-order chi connectivity index (χ1) is 8.67. The molecule has 4 nitrogen and oxygen atoms in total. The lowest BCUT2D eigenvalue weighted by atomic mass is 10.2. The van der Waals surface area contributed by atoms with Gasteiger partial charge in [0.2, 0.25) is 0 Å². The molecule has 1 aromatic rings. The summed E-state index contributed by atoms with van der Waals surface area (Å²) in [5.41, 5.74) is 0. The van der Waals surface area contributed by atoms with E-state index < -0.39 is 0 Å². The topological polar surface area (TPSA) is 47.6 Å². The van der Waals surface area contributed by atoms with Crippen LogP contribution >= 0.6 is 0 Å². The summed E-state index contributed by atoms with van der Waals surface area (Å²) in [6.07, 6.45) is 0.493. The SMILES string of the molecule is CCOC(=O)C(CCOc1ccc(F)cc1)NC. The van der Waals surface area contributed by atoms with Crippen molar-refractivity contribution in [1.82, 2.24) is 5.32 Å². The number of hydrogen-bond donors (Lipinski definition) is 1. The number of rotatable bonds is 7. The molecular formula is C13H18FNO3. The zero-order chi connectivity index (χ0) is 13.4. The maximum absolute atomic E-state index is 12.7. The summed E-state index contributed by atoms with van der Waals surface area (Å²) in [5, 5.41) is 2.87.